The van der Waals surface area contributed by atoms with E-state index in [-0.39, 0.29) is 0 Å². The summed E-state index contributed by atoms with van der Waals surface area (Å²) in [6.45, 7) is 0. The second kappa shape index (κ2) is 8.60. The summed E-state index contributed by atoms with van der Waals surface area (Å²) in [5, 5.41) is 26.3. The van der Waals surface area contributed by atoms with Gasteiger partial charge in [-0.05, 0) is 54.6 Å². The molecule has 3 aromatic heterocycles. The Morgan fingerprint density at radius 2 is 1.19 bits per heavy atom. The first-order chi connectivity index (χ1) is 21.2. The molecule has 0 N–H and O–H groups in total. The van der Waals surface area contributed by atoms with E-state index in [0.29, 0.717) is 11.1 Å². The maximum atomic E-state index is 10.1. The highest BCUT2D eigenvalue weighted by molar-refractivity contribution is 6.15. The lowest BCUT2D eigenvalue weighted by Crippen LogP contribution is -1.97. The van der Waals surface area contributed by atoms with E-state index < -0.39 is 0 Å². The minimum absolute atomic E-state index is 0.575. The third-order valence-corrected chi connectivity index (χ3v) is 8.56. The van der Waals surface area contributed by atoms with Crippen molar-refractivity contribution in [2.24, 2.45) is 0 Å². The fraction of sp³-hybridized carbons (Fsp3) is 0. The largest absolute Gasteiger partial charge is 0.454 e. The van der Waals surface area contributed by atoms with Crippen molar-refractivity contribution in [3.8, 4) is 23.5 Å². The maximum Gasteiger partial charge on any atom is 0.159 e. The summed E-state index contributed by atoms with van der Waals surface area (Å²) in [6, 6.07) is 45.5. The molecule has 9 aromatic rings. The molecule has 0 radical (unpaired) electrons. The lowest BCUT2D eigenvalue weighted by atomic mass is 10.1. The monoisotopic (exact) mass is 548 g/mol. The molecule has 0 amide bonds. The van der Waals surface area contributed by atoms with Crippen molar-refractivity contribution >= 4 is 65.6 Å². The van der Waals surface area contributed by atoms with Gasteiger partial charge in [-0.2, -0.15) is 10.5 Å². The van der Waals surface area contributed by atoms with Crippen LogP contribution in [0.15, 0.2) is 126 Å². The molecule has 0 unspecified atom stereocenters. The van der Waals surface area contributed by atoms with Crippen molar-refractivity contribution in [1.29, 1.82) is 10.5 Å². The Bertz CT molecular complexity index is 2710. The lowest BCUT2D eigenvalue weighted by Gasteiger charge is -2.11. The van der Waals surface area contributed by atoms with Crippen LogP contribution in [-0.4, -0.2) is 9.13 Å². The molecule has 0 saturated heterocycles. The second-order valence-corrected chi connectivity index (χ2v) is 10.8. The average molecular weight is 549 g/mol. The molecule has 0 bridgehead atoms. The van der Waals surface area contributed by atoms with Crippen molar-refractivity contribution in [3.05, 3.63) is 132 Å². The molecule has 0 aliphatic rings. The minimum Gasteiger partial charge on any atom is -0.454 e. The molecule has 5 nitrogen and oxygen atoms in total. The molecule has 9 rings (SSSR count). The molecule has 0 aliphatic heterocycles. The van der Waals surface area contributed by atoms with Crippen molar-refractivity contribution in [2.45, 2.75) is 0 Å². The van der Waals surface area contributed by atoms with Crippen LogP contribution in [0.25, 0.3) is 76.9 Å². The number of aromatic nitrogens is 2. The summed E-state index contributed by atoms with van der Waals surface area (Å²) in [5.41, 5.74) is 8.52. The number of hydrogen-bond acceptors (Lipinski definition) is 3. The number of fused-ring (bicyclic) bond motifs is 9. The van der Waals surface area contributed by atoms with Crippen molar-refractivity contribution in [3.63, 3.8) is 0 Å². The minimum atomic E-state index is 0.575. The molecular weight excluding hydrogens is 528 g/mol. The summed E-state index contributed by atoms with van der Waals surface area (Å²) in [7, 11) is 0. The predicted molar refractivity (Wildman–Crippen MR) is 172 cm³/mol. The van der Waals surface area contributed by atoms with Gasteiger partial charge in [-0.25, -0.2) is 0 Å². The van der Waals surface area contributed by atoms with E-state index >= 15 is 0 Å². The molecule has 0 aliphatic carbocycles. The number of nitriles is 2. The Hall–Kier alpha value is -6.30. The van der Waals surface area contributed by atoms with E-state index in [9.17, 15) is 10.5 Å². The van der Waals surface area contributed by atoms with Crippen molar-refractivity contribution in [2.75, 3.05) is 0 Å². The van der Waals surface area contributed by atoms with Crippen molar-refractivity contribution in [1.82, 2.24) is 9.13 Å². The Kier molecular flexibility index (Phi) is 4.68. The van der Waals surface area contributed by atoms with E-state index in [0.717, 1.165) is 76.9 Å². The van der Waals surface area contributed by atoms with Gasteiger partial charge in [-0.1, -0.05) is 66.7 Å². The smallest absolute Gasteiger partial charge is 0.159 e. The SMILES string of the molecule is N#Cc1cc(-n2c3ccccc3c3cc(-n4c5ccccc5c5cccc(C#N)c54)ccc32)c2oc3ccccc3c2c1. The number of nitrogens with zero attached hydrogens (tertiary/aromatic N) is 4. The van der Waals surface area contributed by atoms with Crippen LogP contribution in [0.3, 0.4) is 0 Å². The number of benzene rings is 6. The highest BCUT2D eigenvalue weighted by Gasteiger charge is 2.21. The van der Waals surface area contributed by atoms with Crippen LogP contribution in [0, 0.1) is 22.7 Å². The lowest BCUT2D eigenvalue weighted by molar-refractivity contribution is 0.666. The highest BCUT2D eigenvalue weighted by atomic mass is 16.3. The fourth-order valence-electron chi connectivity index (χ4n) is 6.78. The number of rotatable bonds is 2. The summed E-state index contributed by atoms with van der Waals surface area (Å²) in [4.78, 5) is 0. The van der Waals surface area contributed by atoms with Crippen LogP contribution in [0.1, 0.15) is 11.1 Å². The first kappa shape index (κ1) is 23.4. The van der Waals surface area contributed by atoms with Gasteiger partial charge in [0.1, 0.15) is 11.7 Å². The van der Waals surface area contributed by atoms with E-state index in [2.05, 4.69) is 75.9 Å². The average Bonchev–Trinajstić information content (AvgIpc) is 3.72. The summed E-state index contributed by atoms with van der Waals surface area (Å²) in [6.07, 6.45) is 0. The standard InChI is InChI=1S/C38H20N4O/c39-21-23-18-31-28-11-3-6-15-36(28)43-38(31)35(19-23)42-33-14-5-2-10-27(33)30-20-25(16-17-34(30)42)41-32-13-4-1-9-26(32)29-12-7-8-24(22-40)37(29)41/h1-20H. The quantitative estimate of drug-likeness (QED) is 0.216. The third kappa shape index (κ3) is 3.14. The van der Waals surface area contributed by atoms with E-state index in [4.69, 9.17) is 4.42 Å². The van der Waals surface area contributed by atoms with E-state index in [1.54, 1.807) is 0 Å². The number of hydrogen-bond donors (Lipinski definition) is 0. The summed E-state index contributed by atoms with van der Waals surface area (Å²) >= 11 is 0. The van der Waals surface area contributed by atoms with E-state index in [1.165, 1.54) is 0 Å². The number of para-hydroxylation sites is 4. The highest BCUT2D eigenvalue weighted by Crippen LogP contribution is 2.40. The summed E-state index contributed by atoms with van der Waals surface area (Å²) in [5.74, 6) is 0. The topological polar surface area (TPSA) is 70.6 Å². The number of furan rings is 1. The molecule has 0 atom stereocenters. The van der Waals surface area contributed by atoms with Gasteiger partial charge < -0.3 is 13.6 Å². The van der Waals surface area contributed by atoms with Gasteiger partial charge in [0.25, 0.3) is 0 Å². The zero-order valence-corrected chi connectivity index (χ0v) is 22.7. The second-order valence-electron chi connectivity index (χ2n) is 10.8. The molecule has 0 saturated carbocycles. The van der Waals surface area contributed by atoms with Gasteiger partial charge in [-0.15, -0.1) is 0 Å². The van der Waals surface area contributed by atoms with Gasteiger partial charge in [0, 0.05) is 38.0 Å². The molecule has 5 heteroatoms. The zero-order chi connectivity index (χ0) is 28.7. The van der Waals surface area contributed by atoms with Crippen LogP contribution in [0.4, 0.5) is 0 Å². The first-order valence-electron chi connectivity index (χ1n) is 14.1. The molecule has 0 spiro atoms. The molecule has 198 valence electrons. The van der Waals surface area contributed by atoms with Crippen LogP contribution in [-0.2, 0) is 0 Å². The summed E-state index contributed by atoms with van der Waals surface area (Å²) < 4.78 is 10.8. The van der Waals surface area contributed by atoms with Crippen LogP contribution in [0.2, 0.25) is 0 Å². The van der Waals surface area contributed by atoms with Gasteiger partial charge >= 0.3 is 0 Å². The van der Waals surface area contributed by atoms with Crippen LogP contribution in [0.5, 0.6) is 0 Å². The molecule has 3 heterocycles. The molecule has 0 fully saturated rings. The Morgan fingerprint density at radius 3 is 1.98 bits per heavy atom. The Morgan fingerprint density at radius 1 is 0.512 bits per heavy atom. The fourth-order valence-corrected chi connectivity index (χ4v) is 6.78. The maximum absolute atomic E-state index is 10.1. The first-order valence-corrected chi connectivity index (χ1v) is 14.1. The van der Waals surface area contributed by atoms with Gasteiger partial charge in [0.2, 0.25) is 0 Å². The van der Waals surface area contributed by atoms with Crippen LogP contribution >= 0.6 is 0 Å². The normalized spacial score (nSPS) is 11.7. The van der Waals surface area contributed by atoms with Crippen LogP contribution < -0.4 is 0 Å². The van der Waals surface area contributed by atoms with Gasteiger partial charge in [0.15, 0.2) is 5.58 Å². The Balaban J connectivity index is 1.40. The predicted octanol–water partition coefficient (Wildman–Crippen LogP) is 9.52. The third-order valence-electron chi connectivity index (χ3n) is 8.56. The molecular formula is C38H20N4O. The van der Waals surface area contributed by atoms with E-state index in [1.807, 2.05) is 66.7 Å². The molecule has 6 aromatic carbocycles. The van der Waals surface area contributed by atoms with Gasteiger partial charge in [-0.3, -0.25) is 0 Å². The van der Waals surface area contributed by atoms with Crippen molar-refractivity contribution < 1.29 is 4.42 Å². The Labute approximate surface area is 245 Å². The molecule has 43 heavy (non-hydrogen) atoms. The van der Waals surface area contributed by atoms with Gasteiger partial charge in [0.05, 0.1) is 45.0 Å². The zero-order valence-electron chi connectivity index (χ0n) is 22.7.